The molecule has 0 atom stereocenters. The second-order valence-corrected chi connectivity index (χ2v) is 7.52. The number of nitrogens with zero attached hydrogens (tertiary/aromatic N) is 2. The summed E-state index contributed by atoms with van der Waals surface area (Å²) in [5.74, 6) is 0.129. The minimum Gasteiger partial charge on any atom is -0.489 e. The number of benzene rings is 1. The van der Waals surface area contributed by atoms with Crippen molar-refractivity contribution in [1.82, 2.24) is 15.3 Å². The number of amides is 1. The molecule has 160 valence electrons. The molecule has 0 saturated carbocycles. The van der Waals surface area contributed by atoms with Crippen LogP contribution in [-0.2, 0) is 12.6 Å². The van der Waals surface area contributed by atoms with Gasteiger partial charge >= 0.3 is 6.18 Å². The summed E-state index contributed by atoms with van der Waals surface area (Å²) in [6.07, 6.45) is -0.318. The first kappa shape index (κ1) is 21.1. The summed E-state index contributed by atoms with van der Waals surface area (Å²) in [7, 11) is 0. The number of halogens is 4. The molecule has 0 fully saturated rings. The third-order valence-electron chi connectivity index (χ3n) is 5.03. The smallest absolute Gasteiger partial charge is 0.417 e. The van der Waals surface area contributed by atoms with Crippen LogP contribution >= 0.6 is 11.6 Å². The fourth-order valence-electron chi connectivity index (χ4n) is 3.34. The molecule has 0 spiro atoms. The predicted octanol–water partition coefficient (Wildman–Crippen LogP) is 4.84. The van der Waals surface area contributed by atoms with E-state index in [9.17, 15) is 18.0 Å². The quantitative estimate of drug-likeness (QED) is 0.624. The van der Waals surface area contributed by atoms with Crippen molar-refractivity contribution in [1.29, 1.82) is 0 Å². The molecule has 0 radical (unpaired) electrons. The number of rotatable bonds is 3. The number of fused-ring (bicyclic) bond motifs is 1. The number of hydrogen-bond donors (Lipinski definition) is 1. The van der Waals surface area contributed by atoms with Gasteiger partial charge in [0.1, 0.15) is 6.61 Å². The van der Waals surface area contributed by atoms with Crippen molar-refractivity contribution >= 4 is 17.5 Å². The van der Waals surface area contributed by atoms with Gasteiger partial charge in [-0.2, -0.15) is 13.2 Å². The highest BCUT2D eigenvalue weighted by molar-refractivity contribution is 6.33. The highest BCUT2D eigenvalue weighted by atomic mass is 35.5. The molecular weight excluding hydrogens is 431 g/mol. The van der Waals surface area contributed by atoms with E-state index in [1.165, 1.54) is 6.20 Å². The van der Waals surface area contributed by atoms with Gasteiger partial charge in [0.2, 0.25) is 0 Å². The Bertz CT molecular complexity index is 1150. The van der Waals surface area contributed by atoms with E-state index in [2.05, 4.69) is 15.3 Å². The number of aromatic nitrogens is 2. The third kappa shape index (κ3) is 4.34. The van der Waals surface area contributed by atoms with Crippen LogP contribution < -0.4 is 10.1 Å². The highest BCUT2D eigenvalue weighted by Crippen LogP contribution is 2.36. The number of alkyl halides is 3. The lowest BCUT2D eigenvalue weighted by atomic mass is 9.97. The van der Waals surface area contributed by atoms with Gasteiger partial charge < -0.3 is 10.1 Å². The van der Waals surface area contributed by atoms with Crippen LogP contribution in [0.3, 0.4) is 0 Å². The zero-order valence-corrected chi connectivity index (χ0v) is 17.1. The lowest BCUT2D eigenvalue weighted by Crippen LogP contribution is -2.24. The van der Waals surface area contributed by atoms with Gasteiger partial charge in [0.25, 0.3) is 5.91 Å². The van der Waals surface area contributed by atoms with Gasteiger partial charge in [0.15, 0.2) is 5.75 Å². The molecule has 5 nitrogen and oxygen atoms in total. The summed E-state index contributed by atoms with van der Waals surface area (Å²) >= 11 is 6.46. The van der Waals surface area contributed by atoms with Gasteiger partial charge in [-0.25, -0.2) is 0 Å². The lowest BCUT2D eigenvalue weighted by molar-refractivity contribution is -0.137. The van der Waals surface area contributed by atoms with Gasteiger partial charge in [-0.1, -0.05) is 17.7 Å². The average Bonchev–Trinajstić information content (AvgIpc) is 2.93. The summed E-state index contributed by atoms with van der Waals surface area (Å²) < 4.78 is 44.4. The molecule has 0 unspecified atom stereocenters. The Labute approximate surface area is 181 Å². The van der Waals surface area contributed by atoms with Crippen LogP contribution in [-0.4, -0.2) is 29.0 Å². The van der Waals surface area contributed by atoms with E-state index in [-0.39, 0.29) is 11.5 Å². The van der Waals surface area contributed by atoms with Crippen molar-refractivity contribution in [3.8, 4) is 17.0 Å². The van der Waals surface area contributed by atoms with Crippen LogP contribution in [0.1, 0.15) is 32.6 Å². The van der Waals surface area contributed by atoms with Gasteiger partial charge in [-0.05, 0) is 48.2 Å². The standard InChI is InChI=1S/C22H17ClF3N3O2/c1-12-14(8-17-20(19(12)23)31-5-4-28-21(17)30)6-13-2-3-18(29-9-13)15-7-16(11-27-10-15)22(24,25)26/h2-3,7-11H,4-6H2,1H3,(H,28,30). The molecule has 1 aromatic carbocycles. The van der Waals surface area contributed by atoms with E-state index < -0.39 is 11.7 Å². The van der Waals surface area contributed by atoms with E-state index in [1.807, 2.05) is 6.92 Å². The SMILES string of the molecule is Cc1c(Cc2ccc(-c3cncc(C(F)(F)F)c3)nc2)cc2c(c1Cl)OCCNC2=O. The van der Waals surface area contributed by atoms with Crippen LogP contribution in [0.2, 0.25) is 5.02 Å². The van der Waals surface area contributed by atoms with Gasteiger partial charge in [-0.15, -0.1) is 0 Å². The predicted molar refractivity (Wildman–Crippen MR) is 109 cm³/mol. The first-order chi connectivity index (χ1) is 14.7. The van der Waals surface area contributed by atoms with Crippen molar-refractivity contribution in [2.45, 2.75) is 19.5 Å². The molecule has 0 aliphatic carbocycles. The molecule has 0 bridgehead atoms. The molecule has 1 aliphatic heterocycles. The first-order valence-corrected chi connectivity index (χ1v) is 9.82. The van der Waals surface area contributed by atoms with Crippen LogP contribution in [0.25, 0.3) is 11.3 Å². The molecule has 2 aromatic heterocycles. The van der Waals surface area contributed by atoms with Crippen molar-refractivity contribution in [3.05, 3.63) is 75.7 Å². The van der Waals surface area contributed by atoms with Crippen molar-refractivity contribution in [2.75, 3.05) is 13.2 Å². The Kier molecular flexibility index (Phi) is 5.58. The number of ether oxygens (including phenoxy) is 1. The van der Waals surface area contributed by atoms with Gasteiger partial charge in [-0.3, -0.25) is 14.8 Å². The van der Waals surface area contributed by atoms with E-state index in [0.717, 1.165) is 29.0 Å². The molecule has 3 heterocycles. The molecule has 1 N–H and O–H groups in total. The van der Waals surface area contributed by atoms with Crippen molar-refractivity contribution in [3.63, 3.8) is 0 Å². The number of hydrogen-bond acceptors (Lipinski definition) is 4. The van der Waals surface area contributed by atoms with E-state index in [0.29, 0.717) is 41.6 Å². The fraction of sp³-hybridized carbons (Fsp3) is 0.227. The highest BCUT2D eigenvalue weighted by Gasteiger charge is 2.31. The van der Waals surface area contributed by atoms with Gasteiger partial charge in [0.05, 0.1) is 28.4 Å². The molecule has 9 heteroatoms. The molecule has 31 heavy (non-hydrogen) atoms. The van der Waals surface area contributed by atoms with Crippen LogP contribution in [0.4, 0.5) is 13.2 Å². The second-order valence-electron chi connectivity index (χ2n) is 7.14. The maximum absolute atomic E-state index is 12.9. The van der Waals surface area contributed by atoms with Gasteiger partial charge in [0, 0.05) is 24.2 Å². The molecule has 3 aromatic rings. The molecule has 4 rings (SSSR count). The fourth-order valence-corrected chi connectivity index (χ4v) is 3.62. The average molecular weight is 448 g/mol. The Hall–Kier alpha value is -3.13. The van der Waals surface area contributed by atoms with Crippen LogP contribution in [0, 0.1) is 6.92 Å². The minimum atomic E-state index is -4.47. The Balaban J connectivity index is 1.62. The molecule has 1 amide bonds. The largest absolute Gasteiger partial charge is 0.489 e. The van der Waals surface area contributed by atoms with Crippen molar-refractivity contribution < 1.29 is 22.7 Å². The van der Waals surface area contributed by atoms with E-state index in [4.69, 9.17) is 16.3 Å². The van der Waals surface area contributed by atoms with E-state index in [1.54, 1.807) is 24.4 Å². The van der Waals surface area contributed by atoms with Crippen molar-refractivity contribution in [2.24, 2.45) is 0 Å². The van der Waals surface area contributed by atoms with E-state index >= 15 is 0 Å². The number of carbonyl (C=O) groups is 1. The minimum absolute atomic E-state index is 0.249. The first-order valence-electron chi connectivity index (χ1n) is 9.44. The summed E-state index contributed by atoms with van der Waals surface area (Å²) in [6.45, 7) is 2.58. The third-order valence-corrected chi connectivity index (χ3v) is 5.49. The molecule has 0 saturated heterocycles. The monoisotopic (exact) mass is 447 g/mol. The Morgan fingerprint density at radius 2 is 2.00 bits per heavy atom. The number of pyridine rings is 2. The maximum Gasteiger partial charge on any atom is 0.417 e. The Morgan fingerprint density at radius 3 is 2.71 bits per heavy atom. The number of carbonyl (C=O) groups excluding carboxylic acids is 1. The summed E-state index contributed by atoms with van der Waals surface area (Å²) in [6, 6.07) is 6.19. The lowest BCUT2D eigenvalue weighted by Gasteiger charge is -2.15. The molecular formula is C22H17ClF3N3O2. The summed E-state index contributed by atoms with van der Waals surface area (Å²) in [5, 5.41) is 3.15. The summed E-state index contributed by atoms with van der Waals surface area (Å²) in [5.41, 5.74) is 2.65. The van der Waals surface area contributed by atoms with Crippen LogP contribution in [0.5, 0.6) is 5.75 Å². The summed E-state index contributed by atoms with van der Waals surface area (Å²) in [4.78, 5) is 20.3. The normalized spacial score (nSPS) is 13.8. The topological polar surface area (TPSA) is 64.1 Å². The second kappa shape index (κ2) is 8.19. The maximum atomic E-state index is 12.9. The van der Waals surface area contributed by atoms with Crippen LogP contribution in [0.15, 0.2) is 42.9 Å². The zero-order chi connectivity index (χ0) is 22.2. The molecule has 1 aliphatic rings. The zero-order valence-electron chi connectivity index (χ0n) is 16.4. The number of nitrogens with one attached hydrogen (secondary N) is 1. The Morgan fingerprint density at radius 1 is 1.19 bits per heavy atom.